The van der Waals surface area contributed by atoms with E-state index in [0.29, 0.717) is 29.8 Å². The van der Waals surface area contributed by atoms with E-state index in [1.807, 2.05) is 0 Å². The van der Waals surface area contributed by atoms with Crippen molar-refractivity contribution < 1.29 is 18.8 Å². The SMILES string of the molecule is CC(C)Cc1cc(C(=O)N2CCC[C@@](COc3cccc(Cl)c3)(CC(N)=O)C2)on1. The Morgan fingerprint density at radius 1 is 1.37 bits per heavy atom. The molecule has 3 rings (SSSR count). The number of ether oxygens (including phenoxy) is 1. The van der Waals surface area contributed by atoms with Gasteiger partial charge >= 0.3 is 0 Å². The summed E-state index contributed by atoms with van der Waals surface area (Å²) in [5.74, 6) is 0.603. The van der Waals surface area contributed by atoms with Crippen LogP contribution in [0.5, 0.6) is 5.75 Å². The van der Waals surface area contributed by atoms with Gasteiger partial charge in [0.1, 0.15) is 5.75 Å². The molecule has 0 unspecified atom stereocenters. The summed E-state index contributed by atoms with van der Waals surface area (Å²) >= 11 is 6.03. The molecule has 2 aromatic rings. The Morgan fingerprint density at radius 2 is 2.17 bits per heavy atom. The molecule has 0 saturated carbocycles. The molecule has 1 fully saturated rings. The molecule has 162 valence electrons. The van der Waals surface area contributed by atoms with Gasteiger partial charge in [-0.25, -0.2) is 0 Å². The Labute approximate surface area is 181 Å². The minimum Gasteiger partial charge on any atom is -0.493 e. The van der Waals surface area contributed by atoms with Gasteiger partial charge in [0.2, 0.25) is 11.7 Å². The number of benzene rings is 1. The van der Waals surface area contributed by atoms with Crippen LogP contribution in [0.3, 0.4) is 0 Å². The van der Waals surface area contributed by atoms with Gasteiger partial charge in [0.15, 0.2) is 0 Å². The second-order valence-corrected chi connectivity index (χ2v) is 8.94. The third-order valence-corrected chi connectivity index (χ3v) is 5.46. The maximum Gasteiger partial charge on any atom is 0.292 e. The summed E-state index contributed by atoms with van der Waals surface area (Å²) in [6.45, 7) is 5.36. The second-order valence-electron chi connectivity index (χ2n) is 8.50. The first-order valence-electron chi connectivity index (χ1n) is 10.2. The van der Waals surface area contributed by atoms with Gasteiger partial charge in [0, 0.05) is 36.0 Å². The summed E-state index contributed by atoms with van der Waals surface area (Å²) in [6.07, 6.45) is 2.35. The lowest BCUT2D eigenvalue weighted by Gasteiger charge is -2.41. The number of piperidine rings is 1. The molecule has 1 aliphatic rings. The number of primary amides is 1. The van der Waals surface area contributed by atoms with E-state index in [0.717, 1.165) is 25.0 Å². The average Bonchev–Trinajstić information content (AvgIpc) is 3.13. The third-order valence-electron chi connectivity index (χ3n) is 5.23. The van der Waals surface area contributed by atoms with Crippen molar-refractivity contribution >= 4 is 23.4 Å². The van der Waals surface area contributed by atoms with Gasteiger partial charge in [-0.15, -0.1) is 0 Å². The number of nitrogens with zero attached hydrogens (tertiary/aromatic N) is 2. The predicted octanol–water partition coefficient (Wildman–Crippen LogP) is 3.70. The lowest BCUT2D eigenvalue weighted by atomic mass is 9.77. The summed E-state index contributed by atoms with van der Waals surface area (Å²) in [4.78, 5) is 26.5. The van der Waals surface area contributed by atoms with Crippen molar-refractivity contribution in [2.75, 3.05) is 19.7 Å². The molecular weight excluding hydrogens is 406 g/mol. The zero-order valence-electron chi connectivity index (χ0n) is 17.4. The standard InChI is InChI=1S/C22H28ClN3O4/c1-15(2)9-17-11-19(30-25-17)21(28)26-8-4-7-22(13-26,12-20(24)27)14-29-18-6-3-5-16(23)10-18/h3,5-6,10-11,15H,4,7-9,12-14H2,1-2H3,(H2,24,27)/t22-/m1/s1. The van der Waals surface area contributed by atoms with Gasteiger partial charge in [0.05, 0.1) is 12.3 Å². The molecule has 1 aliphatic heterocycles. The van der Waals surface area contributed by atoms with Gasteiger partial charge in [0.25, 0.3) is 5.91 Å². The molecule has 2 N–H and O–H groups in total. The number of carbonyl (C=O) groups is 2. The van der Waals surface area contributed by atoms with E-state index in [2.05, 4.69) is 19.0 Å². The van der Waals surface area contributed by atoms with E-state index >= 15 is 0 Å². The second kappa shape index (κ2) is 9.51. The fourth-order valence-corrected chi connectivity index (χ4v) is 4.12. The van der Waals surface area contributed by atoms with E-state index in [9.17, 15) is 9.59 Å². The molecule has 7 nitrogen and oxygen atoms in total. The van der Waals surface area contributed by atoms with Crippen LogP contribution in [-0.2, 0) is 11.2 Å². The highest BCUT2D eigenvalue weighted by molar-refractivity contribution is 6.30. The van der Waals surface area contributed by atoms with Crippen molar-refractivity contribution in [3.8, 4) is 5.75 Å². The van der Waals surface area contributed by atoms with E-state index in [4.69, 9.17) is 26.6 Å². The van der Waals surface area contributed by atoms with Crippen LogP contribution >= 0.6 is 11.6 Å². The van der Waals surface area contributed by atoms with Crippen molar-refractivity contribution in [1.82, 2.24) is 10.1 Å². The largest absolute Gasteiger partial charge is 0.493 e. The molecule has 1 aromatic heterocycles. The number of rotatable bonds is 8. The lowest BCUT2D eigenvalue weighted by molar-refractivity contribution is -0.122. The molecule has 1 aromatic carbocycles. The number of likely N-dealkylation sites (tertiary alicyclic amines) is 1. The first-order valence-corrected chi connectivity index (χ1v) is 10.6. The smallest absolute Gasteiger partial charge is 0.292 e. The molecule has 8 heteroatoms. The molecule has 1 atom stereocenters. The average molecular weight is 434 g/mol. The Bertz CT molecular complexity index is 898. The monoisotopic (exact) mass is 433 g/mol. The van der Waals surface area contributed by atoms with Crippen molar-refractivity contribution in [3.63, 3.8) is 0 Å². The lowest BCUT2D eigenvalue weighted by Crippen LogP contribution is -2.50. The Morgan fingerprint density at radius 3 is 2.87 bits per heavy atom. The number of halogens is 1. The Balaban J connectivity index is 1.73. The number of carbonyl (C=O) groups excluding carboxylic acids is 2. The van der Waals surface area contributed by atoms with Crippen LogP contribution in [0.4, 0.5) is 0 Å². The first-order chi connectivity index (χ1) is 14.3. The summed E-state index contributed by atoms with van der Waals surface area (Å²) < 4.78 is 11.2. The van der Waals surface area contributed by atoms with Crippen molar-refractivity contribution in [2.24, 2.45) is 17.1 Å². The van der Waals surface area contributed by atoms with Crippen LogP contribution in [-0.4, -0.2) is 41.6 Å². The van der Waals surface area contributed by atoms with Crippen molar-refractivity contribution in [1.29, 1.82) is 0 Å². The van der Waals surface area contributed by atoms with E-state index in [-0.39, 0.29) is 24.7 Å². The zero-order chi connectivity index (χ0) is 21.7. The topological polar surface area (TPSA) is 98.7 Å². The summed E-state index contributed by atoms with van der Waals surface area (Å²) in [5.41, 5.74) is 5.73. The van der Waals surface area contributed by atoms with Crippen LogP contribution in [0, 0.1) is 11.3 Å². The predicted molar refractivity (Wildman–Crippen MR) is 113 cm³/mol. The molecule has 0 aliphatic carbocycles. The normalized spacial score (nSPS) is 19.1. The molecular formula is C22H28ClN3O4. The van der Waals surface area contributed by atoms with Gasteiger partial charge in [-0.1, -0.05) is 36.7 Å². The van der Waals surface area contributed by atoms with Gasteiger partial charge in [-0.2, -0.15) is 0 Å². The molecule has 1 saturated heterocycles. The molecule has 0 radical (unpaired) electrons. The quantitative estimate of drug-likeness (QED) is 0.684. The maximum atomic E-state index is 13.0. The van der Waals surface area contributed by atoms with E-state index in [1.165, 1.54) is 0 Å². The number of aromatic nitrogens is 1. The summed E-state index contributed by atoms with van der Waals surface area (Å²) in [7, 11) is 0. The van der Waals surface area contributed by atoms with Crippen LogP contribution in [0.25, 0.3) is 0 Å². The highest BCUT2D eigenvalue weighted by atomic mass is 35.5. The van der Waals surface area contributed by atoms with Gasteiger partial charge < -0.3 is 19.9 Å². The molecule has 2 amide bonds. The minimum atomic E-state index is -0.567. The Hall–Kier alpha value is -2.54. The highest BCUT2D eigenvalue weighted by Gasteiger charge is 2.40. The summed E-state index contributed by atoms with van der Waals surface area (Å²) in [6, 6.07) is 8.79. The van der Waals surface area contributed by atoms with Crippen LogP contribution in [0.1, 0.15) is 49.4 Å². The van der Waals surface area contributed by atoms with Crippen LogP contribution < -0.4 is 10.5 Å². The van der Waals surface area contributed by atoms with Crippen molar-refractivity contribution in [3.05, 3.63) is 46.8 Å². The van der Waals surface area contributed by atoms with E-state index < -0.39 is 11.3 Å². The van der Waals surface area contributed by atoms with Gasteiger partial charge in [-0.3, -0.25) is 9.59 Å². The van der Waals surface area contributed by atoms with Crippen molar-refractivity contribution in [2.45, 2.75) is 39.5 Å². The highest BCUT2D eigenvalue weighted by Crippen LogP contribution is 2.35. The molecule has 0 spiro atoms. The third kappa shape index (κ3) is 5.75. The number of amides is 2. The molecule has 0 bridgehead atoms. The molecule has 2 heterocycles. The number of nitrogens with two attached hydrogens (primary N) is 1. The number of hydrogen-bond donors (Lipinski definition) is 1. The number of hydrogen-bond acceptors (Lipinski definition) is 5. The fraction of sp³-hybridized carbons (Fsp3) is 0.500. The first kappa shape index (κ1) is 22.2. The minimum absolute atomic E-state index is 0.131. The van der Waals surface area contributed by atoms with Gasteiger partial charge in [-0.05, 0) is 43.4 Å². The maximum absolute atomic E-state index is 13.0. The van der Waals surface area contributed by atoms with E-state index in [1.54, 1.807) is 35.2 Å². The Kier molecular flexibility index (Phi) is 7.02. The van der Waals surface area contributed by atoms with Crippen LogP contribution in [0.15, 0.2) is 34.9 Å². The fourth-order valence-electron chi connectivity index (χ4n) is 3.94. The molecule has 30 heavy (non-hydrogen) atoms. The zero-order valence-corrected chi connectivity index (χ0v) is 18.2. The van der Waals surface area contributed by atoms with Crippen LogP contribution in [0.2, 0.25) is 5.02 Å². The summed E-state index contributed by atoms with van der Waals surface area (Å²) in [5, 5.41) is 4.58.